The molecule has 2 amide bonds. The molecule has 0 N–H and O–H groups in total. The smallest absolute Gasteiger partial charge is 0.281 e. The van der Waals surface area contributed by atoms with Crippen molar-refractivity contribution in [1.29, 1.82) is 0 Å². The highest BCUT2D eigenvalue weighted by atomic mass is 16.5. The Bertz CT molecular complexity index is 323. The molecule has 0 aromatic carbocycles. The van der Waals surface area contributed by atoms with Gasteiger partial charge in [0, 0.05) is 13.1 Å². The fourth-order valence-electron chi connectivity index (χ4n) is 1.86. The first kappa shape index (κ1) is 11.0. The number of rotatable bonds is 2. The fourth-order valence-corrected chi connectivity index (χ4v) is 1.86. The van der Waals surface area contributed by atoms with E-state index in [-0.39, 0.29) is 23.5 Å². The molecular formula is C11H16N2O3. The Morgan fingerprint density at radius 2 is 1.62 bits per heavy atom. The second-order valence-electron chi connectivity index (χ2n) is 4.28. The largest absolute Gasteiger partial charge is 0.498 e. The van der Waals surface area contributed by atoms with Crippen LogP contribution < -0.4 is 0 Å². The second-order valence-corrected chi connectivity index (χ2v) is 4.28. The van der Waals surface area contributed by atoms with Crippen LogP contribution in [0.3, 0.4) is 0 Å². The molecule has 2 aliphatic rings. The number of nitrogens with zero attached hydrogens (tertiary/aromatic N) is 2. The van der Waals surface area contributed by atoms with E-state index in [4.69, 9.17) is 4.74 Å². The molecule has 0 saturated carbocycles. The van der Waals surface area contributed by atoms with Gasteiger partial charge in [-0.05, 0) is 26.7 Å². The van der Waals surface area contributed by atoms with E-state index in [2.05, 4.69) is 0 Å². The monoisotopic (exact) mass is 224 g/mol. The van der Waals surface area contributed by atoms with Gasteiger partial charge in [-0.25, -0.2) is 10.0 Å². The van der Waals surface area contributed by atoms with Crippen LogP contribution in [0.1, 0.15) is 26.7 Å². The maximum atomic E-state index is 11.9. The lowest BCUT2D eigenvalue weighted by Gasteiger charge is -2.31. The molecule has 0 bridgehead atoms. The molecule has 2 heterocycles. The number of carbonyl (C=O) groups excluding carboxylic acids is 2. The van der Waals surface area contributed by atoms with Crippen LogP contribution in [0.2, 0.25) is 0 Å². The molecule has 2 fully saturated rings. The van der Waals surface area contributed by atoms with Crippen molar-refractivity contribution in [2.45, 2.75) is 32.8 Å². The van der Waals surface area contributed by atoms with Gasteiger partial charge in [0.05, 0.1) is 6.10 Å². The molecule has 5 heteroatoms. The summed E-state index contributed by atoms with van der Waals surface area (Å²) in [5.41, 5.74) is 0.149. The minimum atomic E-state index is -0.231. The SMILES string of the molecule is CC(C)OC=C1C(=O)N2CCCCN2C1=O. The van der Waals surface area contributed by atoms with Crippen LogP contribution in [0, 0.1) is 0 Å². The van der Waals surface area contributed by atoms with Crippen molar-refractivity contribution in [2.75, 3.05) is 13.1 Å². The summed E-state index contributed by atoms with van der Waals surface area (Å²) in [6.45, 7) is 4.97. The summed E-state index contributed by atoms with van der Waals surface area (Å²) in [7, 11) is 0. The number of hydrogen-bond acceptors (Lipinski definition) is 3. The van der Waals surface area contributed by atoms with Crippen molar-refractivity contribution in [1.82, 2.24) is 10.0 Å². The summed E-state index contributed by atoms with van der Waals surface area (Å²) in [6.07, 6.45) is 3.18. The molecular weight excluding hydrogens is 208 g/mol. The topological polar surface area (TPSA) is 49.9 Å². The summed E-state index contributed by atoms with van der Waals surface area (Å²) < 4.78 is 5.22. The molecule has 0 radical (unpaired) electrons. The quantitative estimate of drug-likeness (QED) is 0.393. The van der Waals surface area contributed by atoms with Crippen molar-refractivity contribution in [3.63, 3.8) is 0 Å². The van der Waals surface area contributed by atoms with Crippen molar-refractivity contribution in [3.05, 3.63) is 11.8 Å². The average Bonchev–Trinajstić information content (AvgIpc) is 2.50. The average molecular weight is 224 g/mol. The van der Waals surface area contributed by atoms with Crippen LogP contribution in [0.25, 0.3) is 0 Å². The van der Waals surface area contributed by atoms with E-state index in [0.717, 1.165) is 12.8 Å². The molecule has 16 heavy (non-hydrogen) atoms. The standard InChI is InChI=1S/C11H16N2O3/c1-8(2)16-7-9-10(14)12-5-3-4-6-13(12)11(9)15/h7-8H,3-6H2,1-2H3. The van der Waals surface area contributed by atoms with E-state index in [0.29, 0.717) is 13.1 Å². The molecule has 88 valence electrons. The third-order valence-electron chi connectivity index (χ3n) is 2.67. The minimum absolute atomic E-state index is 0.0271. The molecule has 5 nitrogen and oxygen atoms in total. The predicted octanol–water partition coefficient (Wildman–Crippen LogP) is 0.675. The Labute approximate surface area is 94.6 Å². The van der Waals surface area contributed by atoms with Gasteiger partial charge in [-0.1, -0.05) is 0 Å². The fraction of sp³-hybridized carbons (Fsp3) is 0.636. The third kappa shape index (κ3) is 1.77. The van der Waals surface area contributed by atoms with Crippen molar-refractivity contribution < 1.29 is 14.3 Å². The van der Waals surface area contributed by atoms with Gasteiger partial charge in [0.25, 0.3) is 11.8 Å². The van der Waals surface area contributed by atoms with E-state index < -0.39 is 0 Å². The minimum Gasteiger partial charge on any atom is -0.498 e. The lowest BCUT2D eigenvalue weighted by atomic mass is 10.2. The predicted molar refractivity (Wildman–Crippen MR) is 57.0 cm³/mol. The molecule has 0 aliphatic carbocycles. The van der Waals surface area contributed by atoms with Gasteiger partial charge >= 0.3 is 0 Å². The number of fused-ring (bicyclic) bond motifs is 1. The van der Waals surface area contributed by atoms with Crippen LogP contribution in [-0.2, 0) is 14.3 Å². The summed E-state index contributed by atoms with van der Waals surface area (Å²) in [4.78, 5) is 23.8. The zero-order valence-corrected chi connectivity index (χ0v) is 9.60. The lowest BCUT2D eigenvalue weighted by molar-refractivity contribution is -0.150. The Hall–Kier alpha value is -1.52. The highest BCUT2D eigenvalue weighted by Crippen LogP contribution is 2.23. The van der Waals surface area contributed by atoms with Crippen molar-refractivity contribution >= 4 is 11.8 Å². The summed E-state index contributed by atoms with van der Waals surface area (Å²) in [6, 6.07) is 0. The number of hydrazine groups is 1. The molecule has 2 rings (SSSR count). The van der Waals surface area contributed by atoms with E-state index in [9.17, 15) is 9.59 Å². The first-order valence-electron chi connectivity index (χ1n) is 5.60. The molecule has 2 saturated heterocycles. The number of ether oxygens (including phenoxy) is 1. The Balaban J connectivity index is 2.18. The molecule has 2 aliphatic heterocycles. The van der Waals surface area contributed by atoms with Crippen LogP contribution in [0.4, 0.5) is 0 Å². The van der Waals surface area contributed by atoms with Gasteiger partial charge in [0.1, 0.15) is 11.8 Å². The normalized spacial score (nSPS) is 20.6. The Morgan fingerprint density at radius 3 is 2.06 bits per heavy atom. The van der Waals surface area contributed by atoms with Gasteiger partial charge < -0.3 is 4.74 Å². The van der Waals surface area contributed by atoms with Crippen LogP contribution in [0.5, 0.6) is 0 Å². The molecule has 0 aromatic heterocycles. The molecule has 0 aromatic rings. The third-order valence-corrected chi connectivity index (χ3v) is 2.67. The maximum Gasteiger partial charge on any atom is 0.281 e. The molecule has 0 unspecified atom stereocenters. The first-order valence-corrected chi connectivity index (χ1v) is 5.60. The zero-order valence-electron chi connectivity index (χ0n) is 9.60. The highest BCUT2D eigenvalue weighted by Gasteiger charge is 2.42. The van der Waals surface area contributed by atoms with Gasteiger partial charge in [-0.2, -0.15) is 0 Å². The Morgan fingerprint density at radius 1 is 1.12 bits per heavy atom. The van der Waals surface area contributed by atoms with Gasteiger partial charge in [0.15, 0.2) is 0 Å². The summed E-state index contributed by atoms with van der Waals surface area (Å²) >= 11 is 0. The van der Waals surface area contributed by atoms with Crippen LogP contribution in [-0.4, -0.2) is 41.0 Å². The van der Waals surface area contributed by atoms with E-state index >= 15 is 0 Å². The molecule has 0 spiro atoms. The van der Waals surface area contributed by atoms with E-state index in [1.54, 1.807) is 0 Å². The molecule has 0 atom stereocenters. The van der Waals surface area contributed by atoms with Crippen molar-refractivity contribution in [2.24, 2.45) is 0 Å². The van der Waals surface area contributed by atoms with E-state index in [1.807, 2.05) is 13.8 Å². The van der Waals surface area contributed by atoms with Gasteiger partial charge in [-0.3, -0.25) is 9.59 Å². The number of carbonyl (C=O) groups is 2. The highest BCUT2D eigenvalue weighted by molar-refractivity contribution is 6.22. The maximum absolute atomic E-state index is 11.9. The first-order chi connectivity index (χ1) is 7.61. The summed E-state index contributed by atoms with van der Waals surface area (Å²) in [5, 5.41) is 3.03. The second kappa shape index (κ2) is 4.15. The van der Waals surface area contributed by atoms with Crippen molar-refractivity contribution in [3.8, 4) is 0 Å². The van der Waals surface area contributed by atoms with Crippen LogP contribution >= 0.6 is 0 Å². The van der Waals surface area contributed by atoms with Gasteiger partial charge in [0.2, 0.25) is 0 Å². The van der Waals surface area contributed by atoms with Gasteiger partial charge in [-0.15, -0.1) is 0 Å². The number of hydrogen-bond donors (Lipinski definition) is 0. The summed E-state index contributed by atoms with van der Waals surface area (Å²) in [5.74, 6) is -0.462. The number of amides is 2. The lowest BCUT2D eigenvalue weighted by Crippen LogP contribution is -2.45. The van der Waals surface area contributed by atoms with Crippen LogP contribution in [0.15, 0.2) is 11.8 Å². The Kier molecular flexibility index (Phi) is 2.85. The van der Waals surface area contributed by atoms with E-state index in [1.165, 1.54) is 16.3 Å². The zero-order chi connectivity index (χ0) is 11.7.